The third-order valence-electron chi connectivity index (χ3n) is 4.39. The second-order valence-electron chi connectivity index (χ2n) is 6.28. The maximum atomic E-state index is 13.8. The second kappa shape index (κ2) is 6.66. The molecule has 25 heavy (non-hydrogen) atoms. The van der Waals surface area contributed by atoms with E-state index in [0.717, 1.165) is 22.7 Å². The van der Waals surface area contributed by atoms with Gasteiger partial charge in [-0.15, -0.1) is 0 Å². The van der Waals surface area contributed by atoms with Crippen molar-refractivity contribution in [3.05, 3.63) is 47.3 Å². The fourth-order valence-corrected chi connectivity index (χ4v) is 3.05. The Morgan fingerprint density at radius 2 is 2.12 bits per heavy atom. The van der Waals surface area contributed by atoms with Crippen LogP contribution in [0.2, 0.25) is 0 Å². The molecule has 0 saturated carbocycles. The maximum Gasteiger partial charge on any atom is 0.244 e. The summed E-state index contributed by atoms with van der Waals surface area (Å²) in [6, 6.07) is 6.46. The Morgan fingerprint density at radius 3 is 2.76 bits per heavy atom. The smallest absolute Gasteiger partial charge is 0.244 e. The number of nitrogens with one attached hydrogen (secondary N) is 1. The number of hydrogen-bond donors (Lipinski definition) is 1. The first-order chi connectivity index (χ1) is 11.9. The predicted octanol–water partition coefficient (Wildman–Crippen LogP) is 2.45. The highest BCUT2D eigenvalue weighted by Gasteiger charge is 2.18. The first-order valence-electron chi connectivity index (χ1n) is 8.28. The Kier molecular flexibility index (Phi) is 4.57. The molecule has 0 aliphatic rings. The number of amides is 1. The molecule has 0 spiro atoms. The SMILES string of the molecule is Cc1cc(C)n(C(C)C(=O)NCCc2nc3c(F)cccc3n2C)n1. The Morgan fingerprint density at radius 1 is 1.36 bits per heavy atom. The van der Waals surface area contributed by atoms with E-state index in [0.29, 0.717) is 18.5 Å². The molecule has 2 aromatic heterocycles. The Labute approximate surface area is 145 Å². The van der Waals surface area contributed by atoms with Crippen molar-refractivity contribution in [2.24, 2.45) is 7.05 Å². The van der Waals surface area contributed by atoms with E-state index in [1.165, 1.54) is 6.07 Å². The summed E-state index contributed by atoms with van der Waals surface area (Å²) in [5, 5.41) is 7.25. The molecule has 1 aromatic carbocycles. The first kappa shape index (κ1) is 17.1. The van der Waals surface area contributed by atoms with Crippen molar-refractivity contribution in [2.75, 3.05) is 6.54 Å². The number of hydrogen-bond acceptors (Lipinski definition) is 3. The van der Waals surface area contributed by atoms with Gasteiger partial charge in [0.2, 0.25) is 5.91 Å². The van der Waals surface area contributed by atoms with Gasteiger partial charge in [-0.25, -0.2) is 9.37 Å². The summed E-state index contributed by atoms with van der Waals surface area (Å²) >= 11 is 0. The van der Waals surface area contributed by atoms with Gasteiger partial charge in [0.1, 0.15) is 17.4 Å². The summed E-state index contributed by atoms with van der Waals surface area (Å²) in [6.45, 7) is 6.08. The van der Waals surface area contributed by atoms with E-state index in [4.69, 9.17) is 0 Å². The van der Waals surface area contributed by atoms with Gasteiger partial charge in [-0.05, 0) is 39.0 Å². The van der Waals surface area contributed by atoms with Gasteiger partial charge in [0.25, 0.3) is 0 Å². The number of carbonyl (C=O) groups is 1. The molecule has 0 bridgehead atoms. The fraction of sp³-hybridized carbons (Fsp3) is 0.389. The third-order valence-corrected chi connectivity index (χ3v) is 4.39. The van der Waals surface area contributed by atoms with E-state index < -0.39 is 0 Å². The molecule has 1 N–H and O–H groups in total. The number of halogens is 1. The quantitative estimate of drug-likeness (QED) is 0.774. The number of aryl methyl sites for hydroxylation is 3. The number of rotatable bonds is 5. The lowest BCUT2D eigenvalue weighted by Crippen LogP contribution is -2.33. The second-order valence-corrected chi connectivity index (χ2v) is 6.28. The number of nitrogens with zero attached hydrogens (tertiary/aromatic N) is 4. The molecule has 2 heterocycles. The van der Waals surface area contributed by atoms with Gasteiger partial charge < -0.3 is 9.88 Å². The van der Waals surface area contributed by atoms with Crippen LogP contribution in [0.5, 0.6) is 0 Å². The highest BCUT2D eigenvalue weighted by atomic mass is 19.1. The largest absolute Gasteiger partial charge is 0.354 e. The molecular formula is C18H22FN5O. The van der Waals surface area contributed by atoms with Crippen LogP contribution in [0.1, 0.15) is 30.2 Å². The van der Waals surface area contributed by atoms with Gasteiger partial charge in [0, 0.05) is 25.7 Å². The van der Waals surface area contributed by atoms with Gasteiger partial charge >= 0.3 is 0 Å². The monoisotopic (exact) mass is 343 g/mol. The summed E-state index contributed by atoms with van der Waals surface area (Å²) in [4.78, 5) is 16.7. The van der Waals surface area contributed by atoms with Crippen LogP contribution in [0.3, 0.4) is 0 Å². The number of benzene rings is 1. The zero-order valence-electron chi connectivity index (χ0n) is 14.9. The van der Waals surface area contributed by atoms with Gasteiger partial charge in [-0.2, -0.15) is 5.10 Å². The van der Waals surface area contributed by atoms with Crippen LogP contribution >= 0.6 is 0 Å². The Balaban J connectivity index is 1.65. The number of aromatic nitrogens is 4. The van der Waals surface area contributed by atoms with Crippen molar-refractivity contribution in [1.82, 2.24) is 24.6 Å². The third kappa shape index (κ3) is 3.26. The summed E-state index contributed by atoms with van der Waals surface area (Å²) in [5.74, 6) is 0.303. The highest BCUT2D eigenvalue weighted by molar-refractivity contribution is 5.80. The molecule has 0 aliphatic carbocycles. The van der Waals surface area contributed by atoms with Gasteiger partial charge in [-0.1, -0.05) is 6.07 Å². The number of para-hydroxylation sites is 1. The minimum Gasteiger partial charge on any atom is -0.354 e. The maximum absolute atomic E-state index is 13.8. The molecule has 1 amide bonds. The van der Waals surface area contributed by atoms with E-state index in [2.05, 4.69) is 15.4 Å². The van der Waals surface area contributed by atoms with Gasteiger partial charge in [0.15, 0.2) is 5.82 Å². The molecule has 1 atom stereocenters. The molecule has 3 aromatic rings. The summed E-state index contributed by atoms with van der Waals surface area (Å²) in [6.07, 6.45) is 0.528. The first-order valence-corrected chi connectivity index (χ1v) is 8.28. The molecule has 0 radical (unpaired) electrons. The van der Waals surface area contributed by atoms with Crippen LogP contribution in [0, 0.1) is 19.7 Å². The van der Waals surface area contributed by atoms with Crippen molar-refractivity contribution in [3.63, 3.8) is 0 Å². The molecule has 7 heteroatoms. The molecule has 0 aliphatic heterocycles. The molecule has 1 unspecified atom stereocenters. The Hall–Kier alpha value is -2.70. The molecule has 0 fully saturated rings. The van der Waals surface area contributed by atoms with Crippen molar-refractivity contribution < 1.29 is 9.18 Å². The van der Waals surface area contributed by atoms with Crippen molar-refractivity contribution in [3.8, 4) is 0 Å². The lowest BCUT2D eigenvalue weighted by atomic mass is 10.3. The molecule has 3 rings (SSSR count). The molecule has 132 valence electrons. The summed E-state index contributed by atoms with van der Waals surface area (Å²) in [5.41, 5.74) is 2.95. The minimum atomic E-state index is -0.383. The minimum absolute atomic E-state index is 0.101. The van der Waals surface area contributed by atoms with Crippen LogP contribution in [-0.4, -0.2) is 31.8 Å². The van der Waals surface area contributed by atoms with Crippen molar-refractivity contribution in [2.45, 2.75) is 33.2 Å². The van der Waals surface area contributed by atoms with Crippen LogP contribution in [0.25, 0.3) is 11.0 Å². The standard InChI is InChI=1S/C18H22FN5O/c1-11-10-12(2)24(22-11)13(3)18(25)20-9-8-16-21-17-14(19)6-5-7-15(17)23(16)4/h5-7,10,13H,8-9H2,1-4H3,(H,20,25). The topological polar surface area (TPSA) is 64.7 Å². The molecule has 0 saturated heterocycles. The number of imidazole rings is 1. The van der Waals surface area contributed by atoms with Crippen LogP contribution < -0.4 is 5.32 Å². The van der Waals surface area contributed by atoms with Gasteiger partial charge in [-0.3, -0.25) is 9.48 Å². The lowest BCUT2D eigenvalue weighted by Gasteiger charge is -2.14. The zero-order valence-corrected chi connectivity index (χ0v) is 14.9. The Bertz CT molecular complexity index is 927. The number of fused-ring (bicyclic) bond motifs is 1. The van der Waals surface area contributed by atoms with E-state index >= 15 is 0 Å². The van der Waals surface area contributed by atoms with Crippen LogP contribution in [0.4, 0.5) is 4.39 Å². The van der Waals surface area contributed by atoms with E-state index in [1.807, 2.05) is 44.5 Å². The predicted molar refractivity (Wildman–Crippen MR) is 93.8 cm³/mol. The van der Waals surface area contributed by atoms with Crippen molar-refractivity contribution in [1.29, 1.82) is 0 Å². The van der Waals surface area contributed by atoms with E-state index in [9.17, 15) is 9.18 Å². The zero-order chi connectivity index (χ0) is 18.1. The average molecular weight is 343 g/mol. The van der Waals surface area contributed by atoms with Crippen LogP contribution in [-0.2, 0) is 18.3 Å². The average Bonchev–Trinajstić information content (AvgIpc) is 3.08. The lowest BCUT2D eigenvalue weighted by molar-refractivity contribution is -0.124. The van der Waals surface area contributed by atoms with E-state index in [-0.39, 0.29) is 17.8 Å². The summed E-state index contributed by atoms with van der Waals surface area (Å²) < 4.78 is 17.4. The van der Waals surface area contributed by atoms with E-state index in [1.54, 1.807) is 10.7 Å². The molecular weight excluding hydrogens is 321 g/mol. The van der Waals surface area contributed by atoms with Crippen molar-refractivity contribution >= 4 is 16.9 Å². The number of carbonyl (C=O) groups excluding carboxylic acids is 1. The fourth-order valence-electron chi connectivity index (χ4n) is 3.05. The highest BCUT2D eigenvalue weighted by Crippen LogP contribution is 2.18. The van der Waals surface area contributed by atoms with Gasteiger partial charge in [0.05, 0.1) is 11.2 Å². The van der Waals surface area contributed by atoms with Crippen LogP contribution in [0.15, 0.2) is 24.3 Å². The summed E-state index contributed by atoms with van der Waals surface area (Å²) in [7, 11) is 1.85. The normalized spacial score (nSPS) is 12.5. The molecule has 6 nitrogen and oxygen atoms in total.